The molecule has 2 heterocycles. The lowest BCUT2D eigenvalue weighted by Crippen LogP contribution is -2.24. The summed E-state index contributed by atoms with van der Waals surface area (Å²) < 4.78 is 7.12. The summed E-state index contributed by atoms with van der Waals surface area (Å²) in [5, 5.41) is 9.26. The Morgan fingerprint density at radius 3 is 2.47 bits per heavy atom. The van der Waals surface area contributed by atoms with Crippen LogP contribution >= 0.6 is 11.3 Å². The van der Waals surface area contributed by atoms with Gasteiger partial charge in [0, 0.05) is 10.9 Å². The summed E-state index contributed by atoms with van der Waals surface area (Å²) in [4.78, 5) is 30.0. The van der Waals surface area contributed by atoms with Gasteiger partial charge in [-0.2, -0.15) is 5.10 Å². The predicted molar refractivity (Wildman–Crippen MR) is 125 cm³/mol. The van der Waals surface area contributed by atoms with E-state index in [0.29, 0.717) is 34.4 Å². The Bertz CT molecular complexity index is 1260. The number of anilines is 1. The molecule has 0 aliphatic heterocycles. The first-order chi connectivity index (χ1) is 15.5. The number of carbonyl (C=O) groups is 2. The molecule has 0 spiro atoms. The van der Waals surface area contributed by atoms with Gasteiger partial charge < -0.3 is 4.74 Å². The van der Waals surface area contributed by atoms with E-state index in [-0.39, 0.29) is 0 Å². The Morgan fingerprint density at radius 1 is 1.06 bits per heavy atom. The first kappa shape index (κ1) is 21.5. The first-order valence-corrected chi connectivity index (χ1v) is 11.0. The number of benzene rings is 2. The number of para-hydroxylation sites is 1. The Labute approximate surface area is 189 Å². The molecule has 1 N–H and O–H groups in total. The van der Waals surface area contributed by atoms with Crippen LogP contribution in [0, 0.1) is 13.8 Å². The van der Waals surface area contributed by atoms with Crippen molar-refractivity contribution in [3.63, 3.8) is 0 Å². The van der Waals surface area contributed by atoms with E-state index in [1.807, 2.05) is 66.9 Å². The minimum Gasteiger partial charge on any atom is -0.494 e. The van der Waals surface area contributed by atoms with Crippen LogP contribution in [0.2, 0.25) is 0 Å². The van der Waals surface area contributed by atoms with Crippen molar-refractivity contribution in [1.29, 1.82) is 0 Å². The number of thiazole rings is 1. The van der Waals surface area contributed by atoms with Crippen LogP contribution in [0.5, 0.6) is 5.75 Å². The summed E-state index contributed by atoms with van der Waals surface area (Å²) in [7, 11) is 0. The summed E-state index contributed by atoms with van der Waals surface area (Å²) in [6.07, 6.45) is 0. The Morgan fingerprint density at radius 2 is 1.78 bits per heavy atom. The highest BCUT2D eigenvalue weighted by Crippen LogP contribution is 2.27. The van der Waals surface area contributed by atoms with E-state index in [1.54, 1.807) is 18.5 Å². The summed E-state index contributed by atoms with van der Waals surface area (Å²) in [6.45, 7) is 6.03. The van der Waals surface area contributed by atoms with E-state index < -0.39 is 11.7 Å². The van der Waals surface area contributed by atoms with Crippen LogP contribution in [0.1, 0.15) is 28.7 Å². The van der Waals surface area contributed by atoms with Crippen molar-refractivity contribution in [2.45, 2.75) is 20.8 Å². The van der Waals surface area contributed by atoms with Crippen molar-refractivity contribution < 1.29 is 14.3 Å². The van der Waals surface area contributed by atoms with Crippen LogP contribution in [0.4, 0.5) is 5.13 Å². The molecule has 0 unspecified atom stereocenters. The fourth-order valence-corrected chi connectivity index (χ4v) is 4.13. The molecule has 0 aliphatic rings. The molecule has 0 radical (unpaired) electrons. The highest BCUT2D eigenvalue weighted by Gasteiger charge is 2.25. The number of ketones is 1. The van der Waals surface area contributed by atoms with E-state index in [1.165, 1.54) is 11.3 Å². The molecule has 2 aromatic heterocycles. The number of aromatic nitrogens is 3. The van der Waals surface area contributed by atoms with E-state index in [9.17, 15) is 9.59 Å². The molecule has 0 saturated heterocycles. The maximum atomic E-state index is 12.9. The van der Waals surface area contributed by atoms with Crippen molar-refractivity contribution in [2.75, 3.05) is 11.9 Å². The van der Waals surface area contributed by atoms with Gasteiger partial charge in [0.05, 0.1) is 34.9 Å². The van der Waals surface area contributed by atoms with Gasteiger partial charge in [-0.15, -0.1) is 11.3 Å². The monoisotopic (exact) mass is 446 g/mol. The summed E-state index contributed by atoms with van der Waals surface area (Å²) in [6, 6.07) is 17.0. The van der Waals surface area contributed by atoms with Crippen molar-refractivity contribution >= 4 is 28.2 Å². The zero-order chi connectivity index (χ0) is 22.7. The third-order valence-electron chi connectivity index (χ3n) is 4.91. The molecule has 32 heavy (non-hydrogen) atoms. The van der Waals surface area contributed by atoms with E-state index in [4.69, 9.17) is 4.74 Å². The van der Waals surface area contributed by atoms with Crippen LogP contribution in [0.15, 0.2) is 60.0 Å². The average Bonchev–Trinajstić information content (AvgIpc) is 3.38. The van der Waals surface area contributed by atoms with Crippen molar-refractivity contribution in [3.8, 4) is 22.7 Å². The van der Waals surface area contributed by atoms with Crippen molar-refractivity contribution in [1.82, 2.24) is 14.8 Å². The third-order valence-corrected chi connectivity index (χ3v) is 5.67. The van der Waals surface area contributed by atoms with Crippen LogP contribution in [-0.4, -0.2) is 33.1 Å². The molecule has 0 aliphatic carbocycles. The van der Waals surface area contributed by atoms with Gasteiger partial charge in [-0.1, -0.05) is 18.2 Å². The van der Waals surface area contributed by atoms with Gasteiger partial charge in [0.2, 0.25) is 0 Å². The fraction of sp³-hybridized carbons (Fsp3) is 0.167. The maximum Gasteiger partial charge on any atom is 0.298 e. The first-order valence-electron chi connectivity index (χ1n) is 10.1. The van der Waals surface area contributed by atoms with Crippen LogP contribution < -0.4 is 10.1 Å². The zero-order valence-electron chi connectivity index (χ0n) is 18.0. The van der Waals surface area contributed by atoms with Gasteiger partial charge >= 0.3 is 0 Å². The quantitative estimate of drug-likeness (QED) is 0.324. The fourth-order valence-electron chi connectivity index (χ4n) is 3.41. The van der Waals surface area contributed by atoms with Crippen LogP contribution in [0.3, 0.4) is 0 Å². The highest BCUT2D eigenvalue weighted by atomic mass is 32.1. The summed E-state index contributed by atoms with van der Waals surface area (Å²) in [5.74, 6) is -0.594. The number of nitrogens with zero attached hydrogens (tertiary/aromatic N) is 3. The maximum absolute atomic E-state index is 12.9. The van der Waals surface area contributed by atoms with Gasteiger partial charge in [-0.05, 0) is 57.2 Å². The second-order valence-electron chi connectivity index (χ2n) is 7.07. The van der Waals surface area contributed by atoms with E-state index in [0.717, 1.165) is 17.0 Å². The number of ether oxygens (including phenoxy) is 1. The zero-order valence-corrected chi connectivity index (χ0v) is 18.8. The minimum atomic E-state index is -0.739. The van der Waals surface area contributed by atoms with Gasteiger partial charge in [0.15, 0.2) is 5.13 Å². The van der Waals surface area contributed by atoms with E-state index >= 15 is 0 Å². The van der Waals surface area contributed by atoms with E-state index in [2.05, 4.69) is 15.4 Å². The molecule has 1 amide bonds. The molecular formula is C24H22N4O3S. The number of aryl methyl sites for hydroxylation is 1. The third kappa shape index (κ3) is 4.31. The van der Waals surface area contributed by atoms with Crippen LogP contribution in [-0.2, 0) is 4.79 Å². The number of amides is 1. The molecular weight excluding hydrogens is 424 g/mol. The molecule has 8 heteroatoms. The average molecular weight is 447 g/mol. The van der Waals surface area contributed by atoms with Gasteiger partial charge in [-0.3, -0.25) is 14.9 Å². The second-order valence-corrected chi connectivity index (χ2v) is 7.93. The SMILES string of the molecule is CCOc1ccc(-c2csc(NC(=O)C(=O)c3c(C)nn(-c4ccccc4)c3C)n2)cc1. The normalized spacial score (nSPS) is 10.7. The van der Waals surface area contributed by atoms with Gasteiger partial charge in [-0.25, -0.2) is 9.67 Å². The standard InChI is InChI=1S/C24H22N4O3S/c1-4-31-19-12-10-17(11-13-19)20-14-32-24(25-20)26-23(30)22(29)21-15(2)27-28(16(21)3)18-8-6-5-7-9-18/h5-14H,4H2,1-3H3,(H,25,26,30). The highest BCUT2D eigenvalue weighted by molar-refractivity contribution is 7.14. The Hall–Kier alpha value is -3.78. The lowest BCUT2D eigenvalue weighted by atomic mass is 10.1. The molecule has 0 fully saturated rings. The molecule has 162 valence electrons. The molecule has 0 bridgehead atoms. The molecule has 4 aromatic rings. The minimum absolute atomic E-state index is 0.301. The van der Waals surface area contributed by atoms with Crippen LogP contribution in [0.25, 0.3) is 16.9 Å². The van der Waals surface area contributed by atoms with Gasteiger partial charge in [0.1, 0.15) is 5.75 Å². The number of nitrogens with one attached hydrogen (secondary N) is 1. The van der Waals surface area contributed by atoms with Crippen molar-refractivity contribution in [2.24, 2.45) is 0 Å². The second kappa shape index (κ2) is 9.15. The predicted octanol–water partition coefficient (Wildman–Crippen LogP) is 4.83. The number of Topliss-reactive ketones (excluding diaryl/α,β-unsaturated/α-hetero) is 1. The number of hydrogen-bond acceptors (Lipinski definition) is 6. The number of rotatable bonds is 7. The number of hydrogen-bond donors (Lipinski definition) is 1. The molecule has 4 rings (SSSR count). The lowest BCUT2D eigenvalue weighted by Gasteiger charge is -2.05. The largest absolute Gasteiger partial charge is 0.494 e. The lowest BCUT2D eigenvalue weighted by molar-refractivity contribution is -0.112. The summed E-state index contributed by atoms with van der Waals surface area (Å²) >= 11 is 1.26. The Kier molecular flexibility index (Phi) is 6.13. The molecule has 0 saturated carbocycles. The molecule has 0 atom stereocenters. The topological polar surface area (TPSA) is 86.1 Å². The summed E-state index contributed by atoms with van der Waals surface area (Å²) in [5.41, 5.74) is 3.85. The molecule has 2 aromatic carbocycles. The smallest absolute Gasteiger partial charge is 0.298 e. The van der Waals surface area contributed by atoms with Crippen molar-refractivity contribution in [3.05, 3.63) is 76.9 Å². The number of carbonyl (C=O) groups excluding carboxylic acids is 2. The van der Waals surface area contributed by atoms with Gasteiger partial charge in [0.25, 0.3) is 11.7 Å². The Balaban J connectivity index is 1.50. The molecule has 7 nitrogen and oxygen atoms in total.